The van der Waals surface area contributed by atoms with E-state index in [1.165, 1.54) is 100 Å². The van der Waals surface area contributed by atoms with Crippen LogP contribution in [0.15, 0.2) is 54.6 Å². The number of fused-ring (bicyclic) bond motifs is 1. The Morgan fingerprint density at radius 2 is 1.46 bits per heavy atom. The van der Waals surface area contributed by atoms with Crippen LogP contribution in [0.25, 0.3) is 21.9 Å². The summed E-state index contributed by atoms with van der Waals surface area (Å²) in [7, 11) is 0. The van der Waals surface area contributed by atoms with Gasteiger partial charge < -0.3 is 4.74 Å². The summed E-state index contributed by atoms with van der Waals surface area (Å²) in [6.07, 6.45) is 11.1. The zero-order valence-corrected chi connectivity index (χ0v) is 21.8. The largest absolute Gasteiger partial charge is 0.573 e. The zero-order valence-electron chi connectivity index (χ0n) is 21.8. The molecule has 200 valence electrons. The maximum absolute atomic E-state index is 15.3. The van der Waals surface area contributed by atoms with E-state index >= 15 is 4.39 Å². The molecule has 37 heavy (non-hydrogen) atoms. The second-order valence-corrected chi connectivity index (χ2v) is 10.7. The Morgan fingerprint density at radius 3 is 2.14 bits per heavy atom. The van der Waals surface area contributed by atoms with E-state index < -0.39 is 6.36 Å². The minimum atomic E-state index is -4.75. The standard InChI is InChI=1S/C32H38F4O/c1-2-3-4-5-6-7-23-8-10-24(11-9-23)12-13-25-14-20-30-27(22-25)17-21-29(31(30)33)26-15-18-28(19-16-26)37-32(34,35)36/h14-24H,2-13H2,1H3. The predicted octanol–water partition coefficient (Wildman–Crippen LogP) is 10.6. The second-order valence-electron chi connectivity index (χ2n) is 10.7. The first kappa shape index (κ1) is 27.5. The molecule has 0 atom stereocenters. The Balaban J connectivity index is 1.31. The quantitative estimate of drug-likeness (QED) is 0.183. The highest BCUT2D eigenvalue weighted by molar-refractivity contribution is 5.88. The summed E-state index contributed by atoms with van der Waals surface area (Å²) in [5.41, 5.74) is 2.10. The van der Waals surface area contributed by atoms with E-state index in [4.69, 9.17) is 0 Å². The van der Waals surface area contributed by atoms with Crippen molar-refractivity contribution in [3.63, 3.8) is 0 Å². The van der Waals surface area contributed by atoms with Crippen LogP contribution in [0.2, 0.25) is 0 Å². The van der Waals surface area contributed by atoms with Crippen LogP contribution in [-0.2, 0) is 6.42 Å². The fraction of sp³-hybridized carbons (Fsp3) is 0.500. The third kappa shape index (κ3) is 7.96. The van der Waals surface area contributed by atoms with Crippen molar-refractivity contribution in [3.05, 3.63) is 66.0 Å². The number of hydrogen-bond donors (Lipinski definition) is 0. The van der Waals surface area contributed by atoms with Gasteiger partial charge in [0.25, 0.3) is 0 Å². The van der Waals surface area contributed by atoms with Gasteiger partial charge in [-0.3, -0.25) is 0 Å². The van der Waals surface area contributed by atoms with Gasteiger partial charge in [-0.2, -0.15) is 0 Å². The molecule has 3 aromatic rings. The molecular formula is C32H38F4O. The number of benzene rings is 3. The number of aryl methyl sites for hydroxylation is 1. The molecule has 0 saturated heterocycles. The molecule has 0 unspecified atom stereocenters. The average molecular weight is 515 g/mol. The van der Waals surface area contributed by atoms with Crippen LogP contribution >= 0.6 is 0 Å². The van der Waals surface area contributed by atoms with E-state index in [9.17, 15) is 13.2 Å². The first-order valence-electron chi connectivity index (χ1n) is 13.9. The number of unbranched alkanes of at least 4 members (excludes halogenated alkanes) is 4. The Morgan fingerprint density at radius 1 is 0.784 bits per heavy atom. The monoisotopic (exact) mass is 514 g/mol. The highest BCUT2D eigenvalue weighted by Crippen LogP contribution is 2.35. The molecule has 0 aromatic heterocycles. The van der Waals surface area contributed by atoms with Crippen LogP contribution in [0.5, 0.6) is 5.75 Å². The van der Waals surface area contributed by atoms with Gasteiger partial charge >= 0.3 is 6.36 Å². The van der Waals surface area contributed by atoms with Gasteiger partial charge in [0.1, 0.15) is 11.6 Å². The molecule has 5 heteroatoms. The number of halogens is 4. The van der Waals surface area contributed by atoms with Gasteiger partial charge in [0.2, 0.25) is 0 Å². The molecule has 1 saturated carbocycles. The van der Waals surface area contributed by atoms with Crippen molar-refractivity contribution in [1.29, 1.82) is 0 Å². The molecule has 0 radical (unpaired) electrons. The topological polar surface area (TPSA) is 9.23 Å². The summed E-state index contributed by atoms with van der Waals surface area (Å²) in [6.45, 7) is 2.26. The summed E-state index contributed by atoms with van der Waals surface area (Å²) in [5, 5.41) is 1.37. The van der Waals surface area contributed by atoms with Gasteiger partial charge in [-0.1, -0.05) is 114 Å². The van der Waals surface area contributed by atoms with E-state index in [1.807, 2.05) is 18.2 Å². The second kappa shape index (κ2) is 12.8. The molecule has 1 aliphatic rings. The molecule has 0 heterocycles. The fourth-order valence-electron chi connectivity index (χ4n) is 5.77. The molecule has 3 aromatic carbocycles. The van der Waals surface area contributed by atoms with Crippen LogP contribution in [0.3, 0.4) is 0 Å². The molecule has 1 fully saturated rings. The summed E-state index contributed by atoms with van der Waals surface area (Å²) in [4.78, 5) is 0. The number of rotatable bonds is 11. The van der Waals surface area contributed by atoms with E-state index in [1.54, 1.807) is 6.07 Å². The number of alkyl halides is 3. The van der Waals surface area contributed by atoms with Crippen molar-refractivity contribution in [3.8, 4) is 16.9 Å². The Labute approximate surface area is 218 Å². The minimum Gasteiger partial charge on any atom is -0.406 e. The lowest BCUT2D eigenvalue weighted by Gasteiger charge is -2.28. The Hall–Kier alpha value is -2.56. The molecular weight excluding hydrogens is 476 g/mol. The smallest absolute Gasteiger partial charge is 0.406 e. The van der Waals surface area contributed by atoms with E-state index in [-0.39, 0.29) is 11.6 Å². The third-order valence-electron chi connectivity index (χ3n) is 7.94. The molecule has 0 spiro atoms. The van der Waals surface area contributed by atoms with Crippen LogP contribution in [0, 0.1) is 17.7 Å². The SMILES string of the molecule is CCCCCCCC1CCC(CCc2ccc3c(F)c(-c4ccc(OC(F)(F)F)cc4)ccc3c2)CC1. The Bertz CT molecular complexity index is 1130. The number of hydrogen-bond acceptors (Lipinski definition) is 1. The first-order valence-corrected chi connectivity index (χ1v) is 13.9. The first-order chi connectivity index (χ1) is 17.8. The lowest BCUT2D eigenvalue weighted by Crippen LogP contribution is -2.16. The lowest BCUT2D eigenvalue weighted by molar-refractivity contribution is -0.274. The molecule has 0 N–H and O–H groups in total. The summed E-state index contributed by atoms with van der Waals surface area (Å²) >= 11 is 0. The van der Waals surface area contributed by atoms with Crippen molar-refractivity contribution in [2.75, 3.05) is 0 Å². The highest BCUT2D eigenvalue weighted by atomic mass is 19.4. The average Bonchev–Trinajstić information content (AvgIpc) is 2.88. The van der Waals surface area contributed by atoms with Gasteiger partial charge in [-0.25, -0.2) is 4.39 Å². The summed E-state index contributed by atoms with van der Waals surface area (Å²) in [6, 6.07) is 14.8. The molecule has 0 bridgehead atoms. The van der Waals surface area contributed by atoms with E-state index in [2.05, 4.69) is 17.7 Å². The van der Waals surface area contributed by atoms with Crippen LogP contribution in [-0.4, -0.2) is 6.36 Å². The summed E-state index contributed by atoms with van der Waals surface area (Å²) < 4.78 is 56.4. The predicted molar refractivity (Wildman–Crippen MR) is 143 cm³/mol. The van der Waals surface area contributed by atoms with Gasteiger partial charge in [-0.05, 0) is 53.3 Å². The van der Waals surface area contributed by atoms with Crippen LogP contribution in [0.1, 0.15) is 83.1 Å². The van der Waals surface area contributed by atoms with Crippen LogP contribution < -0.4 is 4.74 Å². The van der Waals surface area contributed by atoms with Crippen molar-refractivity contribution in [2.45, 2.75) is 90.3 Å². The van der Waals surface area contributed by atoms with Crippen LogP contribution in [0.4, 0.5) is 17.6 Å². The third-order valence-corrected chi connectivity index (χ3v) is 7.94. The lowest BCUT2D eigenvalue weighted by atomic mass is 9.77. The van der Waals surface area contributed by atoms with Gasteiger partial charge in [-0.15, -0.1) is 13.2 Å². The molecule has 0 amide bonds. The zero-order chi connectivity index (χ0) is 26.3. The van der Waals surface area contributed by atoms with Crippen molar-refractivity contribution < 1.29 is 22.3 Å². The van der Waals surface area contributed by atoms with Crippen molar-refractivity contribution in [2.24, 2.45) is 11.8 Å². The summed E-state index contributed by atoms with van der Waals surface area (Å²) in [5.74, 6) is 1.03. The minimum absolute atomic E-state index is 0.321. The maximum atomic E-state index is 15.3. The fourth-order valence-corrected chi connectivity index (χ4v) is 5.77. The number of ether oxygens (including phenoxy) is 1. The highest BCUT2D eigenvalue weighted by Gasteiger charge is 2.31. The molecule has 0 aliphatic heterocycles. The molecule has 1 aliphatic carbocycles. The molecule has 1 nitrogen and oxygen atoms in total. The van der Waals surface area contributed by atoms with Gasteiger partial charge in [0.05, 0.1) is 0 Å². The Kier molecular flexibility index (Phi) is 9.50. The van der Waals surface area contributed by atoms with E-state index in [0.29, 0.717) is 16.5 Å². The maximum Gasteiger partial charge on any atom is 0.573 e. The van der Waals surface area contributed by atoms with E-state index in [0.717, 1.165) is 23.6 Å². The van der Waals surface area contributed by atoms with Gasteiger partial charge in [0.15, 0.2) is 0 Å². The normalized spacial score (nSPS) is 18.3. The van der Waals surface area contributed by atoms with Crippen molar-refractivity contribution >= 4 is 10.8 Å². The molecule has 4 rings (SSSR count). The van der Waals surface area contributed by atoms with Gasteiger partial charge in [0, 0.05) is 10.9 Å². The van der Waals surface area contributed by atoms with Crippen molar-refractivity contribution in [1.82, 2.24) is 0 Å².